The minimum Gasteiger partial charge on any atom is -0.317 e. The first kappa shape index (κ1) is 11.5. The molecule has 0 bridgehead atoms. The van der Waals surface area contributed by atoms with Crippen molar-refractivity contribution in [3.63, 3.8) is 0 Å². The van der Waals surface area contributed by atoms with Crippen LogP contribution in [0.5, 0.6) is 0 Å². The van der Waals surface area contributed by atoms with Gasteiger partial charge in [-0.05, 0) is 49.3 Å². The quantitative estimate of drug-likeness (QED) is 0.757. The zero-order valence-electron chi connectivity index (χ0n) is 10.1. The molecule has 0 aliphatic carbocycles. The van der Waals surface area contributed by atoms with E-state index in [1.807, 2.05) is 7.05 Å². The summed E-state index contributed by atoms with van der Waals surface area (Å²) in [5, 5.41) is 14.9. The van der Waals surface area contributed by atoms with Crippen molar-refractivity contribution >= 4 is 0 Å². The third-order valence-corrected chi connectivity index (χ3v) is 3.15. The van der Waals surface area contributed by atoms with Crippen LogP contribution in [0, 0.1) is 5.92 Å². The Morgan fingerprint density at radius 2 is 2.19 bits per heavy atom. The fourth-order valence-corrected chi connectivity index (χ4v) is 2.19. The van der Waals surface area contributed by atoms with Gasteiger partial charge in [-0.15, -0.1) is 5.10 Å². The first-order valence-electron chi connectivity index (χ1n) is 5.86. The standard InChI is InChI=1S/C10H20N6/c1-15(7-9-3-5-11-6-4-9)8-10-12-13-14-16(10)2/h9,11H,3-8H2,1-2H3. The van der Waals surface area contributed by atoms with Gasteiger partial charge >= 0.3 is 0 Å². The van der Waals surface area contributed by atoms with Gasteiger partial charge in [-0.25, -0.2) is 4.68 Å². The molecule has 1 aliphatic rings. The summed E-state index contributed by atoms with van der Waals surface area (Å²) >= 11 is 0. The maximum Gasteiger partial charge on any atom is 0.164 e. The van der Waals surface area contributed by atoms with E-state index in [0.29, 0.717) is 0 Å². The maximum absolute atomic E-state index is 4.00. The molecule has 0 amide bonds. The average Bonchev–Trinajstić information content (AvgIpc) is 2.66. The number of hydrogen-bond donors (Lipinski definition) is 1. The molecule has 0 aromatic carbocycles. The van der Waals surface area contributed by atoms with E-state index in [2.05, 4.69) is 32.8 Å². The molecule has 6 nitrogen and oxygen atoms in total. The lowest BCUT2D eigenvalue weighted by molar-refractivity contribution is 0.228. The molecule has 6 heteroatoms. The summed E-state index contributed by atoms with van der Waals surface area (Å²) in [6.45, 7) is 4.27. The minimum absolute atomic E-state index is 0.812. The van der Waals surface area contributed by atoms with Crippen LogP contribution >= 0.6 is 0 Å². The Kier molecular flexibility index (Phi) is 3.84. The van der Waals surface area contributed by atoms with Gasteiger partial charge in [0, 0.05) is 13.6 Å². The number of tetrazole rings is 1. The van der Waals surface area contributed by atoms with E-state index in [0.717, 1.165) is 37.9 Å². The fourth-order valence-electron chi connectivity index (χ4n) is 2.19. The monoisotopic (exact) mass is 224 g/mol. The van der Waals surface area contributed by atoms with Crippen LogP contribution in [0.1, 0.15) is 18.7 Å². The summed E-state index contributed by atoms with van der Waals surface area (Å²) in [6.07, 6.45) is 2.56. The Morgan fingerprint density at radius 1 is 1.44 bits per heavy atom. The van der Waals surface area contributed by atoms with Crippen LogP contribution in [-0.4, -0.2) is 51.8 Å². The van der Waals surface area contributed by atoms with Gasteiger partial charge in [-0.3, -0.25) is 4.90 Å². The second kappa shape index (κ2) is 5.36. The van der Waals surface area contributed by atoms with Crippen molar-refractivity contribution < 1.29 is 0 Å². The van der Waals surface area contributed by atoms with E-state index >= 15 is 0 Å². The topological polar surface area (TPSA) is 58.9 Å². The van der Waals surface area contributed by atoms with Crippen LogP contribution in [0.25, 0.3) is 0 Å². The molecular weight excluding hydrogens is 204 g/mol. The van der Waals surface area contributed by atoms with Gasteiger partial charge in [-0.1, -0.05) is 0 Å². The molecule has 2 rings (SSSR count). The highest BCUT2D eigenvalue weighted by molar-refractivity contribution is 4.80. The summed E-state index contributed by atoms with van der Waals surface area (Å²) in [7, 11) is 4.02. The van der Waals surface area contributed by atoms with Crippen molar-refractivity contribution in [3.05, 3.63) is 5.82 Å². The van der Waals surface area contributed by atoms with Gasteiger partial charge in [0.25, 0.3) is 0 Å². The molecule has 1 N–H and O–H groups in total. The number of hydrogen-bond acceptors (Lipinski definition) is 5. The summed E-state index contributed by atoms with van der Waals surface area (Å²) in [5.74, 6) is 1.74. The van der Waals surface area contributed by atoms with E-state index < -0.39 is 0 Å². The molecule has 1 saturated heterocycles. The van der Waals surface area contributed by atoms with Gasteiger partial charge in [0.1, 0.15) is 0 Å². The molecule has 2 heterocycles. The number of aryl methyl sites for hydroxylation is 1. The van der Waals surface area contributed by atoms with Crippen LogP contribution in [0.4, 0.5) is 0 Å². The van der Waals surface area contributed by atoms with Crippen LogP contribution in [0.2, 0.25) is 0 Å². The smallest absolute Gasteiger partial charge is 0.164 e. The van der Waals surface area contributed by atoms with Crippen molar-refractivity contribution in [1.29, 1.82) is 0 Å². The van der Waals surface area contributed by atoms with E-state index in [1.54, 1.807) is 4.68 Å². The highest BCUT2D eigenvalue weighted by Gasteiger charge is 2.16. The molecule has 1 fully saturated rings. The summed E-state index contributed by atoms with van der Waals surface area (Å²) in [6, 6.07) is 0. The van der Waals surface area contributed by atoms with Crippen LogP contribution < -0.4 is 5.32 Å². The third kappa shape index (κ3) is 2.99. The third-order valence-electron chi connectivity index (χ3n) is 3.15. The largest absolute Gasteiger partial charge is 0.317 e. The molecule has 1 aromatic heterocycles. The second-order valence-electron chi connectivity index (χ2n) is 4.61. The van der Waals surface area contributed by atoms with E-state index in [4.69, 9.17) is 0 Å². The van der Waals surface area contributed by atoms with Crippen molar-refractivity contribution in [2.24, 2.45) is 13.0 Å². The van der Waals surface area contributed by atoms with Crippen molar-refractivity contribution in [3.8, 4) is 0 Å². The van der Waals surface area contributed by atoms with Crippen molar-refractivity contribution in [2.75, 3.05) is 26.7 Å². The summed E-state index contributed by atoms with van der Waals surface area (Å²) in [5.41, 5.74) is 0. The maximum atomic E-state index is 4.00. The van der Waals surface area contributed by atoms with E-state index in [-0.39, 0.29) is 0 Å². The Morgan fingerprint density at radius 3 is 2.81 bits per heavy atom. The zero-order valence-corrected chi connectivity index (χ0v) is 10.1. The molecule has 1 aliphatic heterocycles. The second-order valence-corrected chi connectivity index (χ2v) is 4.61. The average molecular weight is 224 g/mol. The molecule has 0 spiro atoms. The van der Waals surface area contributed by atoms with E-state index in [1.165, 1.54) is 12.8 Å². The normalized spacial score (nSPS) is 18.2. The first-order chi connectivity index (χ1) is 7.75. The van der Waals surface area contributed by atoms with Crippen LogP contribution in [-0.2, 0) is 13.6 Å². The number of nitrogens with one attached hydrogen (secondary N) is 1. The molecule has 1 aromatic rings. The van der Waals surface area contributed by atoms with Crippen molar-refractivity contribution in [1.82, 2.24) is 30.4 Å². The molecule has 0 unspecified atom stereocenters. The van der Waals surface area contributed by atoms with Gasteiger partial charge in [0.05, 0.1) is 6.54 Å². The summed E-state index contributed by atoms with van der Waals surface area (Å²) in [4.78, 5) is 2.31. The highest BCUT2D eigenvalue weighted by atomic mass is 15.5. The van der Waals surface area contributed by atoms with Gasteiger partial charge in [-0.2, -0.15) is 0 Å². The van der Waals surface area contributed by atoms with Gasteiger partial charge in [0.2, 0.25) is 0 Å². The lowest BCUT2D eigenvalue weighted by atomic mass is 9.98. The molecule has 0 saturated carbocycles. The van der Waals surface area contributed by atoms with Crippen molar-refractivity contribution in [2.45, 2.75) is 19.4 Å². The Bertz CT molecular complexity index is 317. The lowest BCUT2D eigenvalue weighted by Gasteiger charge is -2.27. The SMILES string of the molecule is CN(Cc1nnnn1C)CC1CCNCC1. The van der Waals surface area contributed by atoms with Crippen LogP contribution in [0.15, 0.2) is 0 Å². The van der Waals surface area contributed by atoms with Gasteiger partial charge in [0.15, 0.2) is 5.82 Å². The molecule has 0 radical (unpaired) electrons. The number of rotatable bonds is 4. The number of piperidine rings is 1. The number of nitrogens with zero attached hydrogens (tertiary/aromatic N) is 5. The minimum atomic E-state index is 0.812. The Hall–Kier alpha value is -1.01. The predicted octanol–water partition coefficient (Wildman–Crippen LogP) is -0.358. The fraction of sp³-hybridized carbons (Fsp3) is 0.900. The zero-order chi connectivity index (χ0) is 11.4. The molecule has 90 valence electrons. The molecule has 0 atom stereocenters. The lowest BCUT2D eigenvalue weighted by Crippen LogP contribution is -2.34. The first-order valence-corrected chi connectivity index (χ1v) is 5.86. The molecular formula is C10H20N6. The number of aromatic nitrogens is 4. The van der Waals surface area contributed by atoms with Gasteiger partial charge < -0.3 is 5.32 Å². The predicted molar refractivity (Wildman–Crippen MR) is 60.7 cm³/mol. The van der Waals surface area contributed by atoms with E-state index in [9.17, 15) is 0 Å². The van der Waals surface area contributed by atoms with Crippen LogP contribution in [0.3, 0.4) is 0 Å². The summed E-state index contributed by atoms with van der Waals surface area (Å²) < 4.78 is 1.74. The molecule has 16 heavy (non-hydrogen) atoms. The highest BCUT2D eigenvalue weighted by Crippen LogP contribution is 2.13. The Balaban J connectivity index is 1.79. The Labute approximate surface area is 96.0 Å².